The van der Waals surface area contributed by atoms with Crippen LogP contribution in [0.1, 0.15) is 0 Å². The van der Waals surface area contributed by atoms with Crippen LogP contribution in [0.5, 0.6) is 0 Å². The van der Waals surface area contributed by atoms with Gasteiger partial charge in [0.2, 0.25) is 0 Å². The fraction of sp³-hybridized carbons (Fsp3) is 0. The summed E-state index contributed by atoms with van der Waals surface area (Å²) in [5.74, 6) is 0. The second-order valence-electron chi connectivity index (χ2n) is 0. The molecule has 1 radical (unpaired) electrons. The molecule has 0 aliphatic carbocycles. The minimum Gasteiger partial charge on any atom is 0 e. The summed E-state index contributed by atoms with van der Waals surface area (Å²) in [6, 6.07) is 0. The van der Waals surface area contributed by atoms with Gasteiger partial charge in [-0.3, -0.25) is 0 Å². The summed E-state index contributed by atoms with van der Waals surface area (Å²) < 4.78 is 0. The van der Waals surface area contributed by atoms with Crippen LogP contribution < -0.4 is 0 Å². The molecule has 0 aliphatic rings. The molecule has 0 N–H and O–H groups in total. The Bertz CT molecular complexity index is 8.00. The van der Waals surface area contributed by atoms with Gasteiger partial charge >= 0.3 is 37.7 Å². The molecule has 0 heterocycles. The molecule has 0 aliphatic heterocycles. The van der Waals surface area contributed by atoms with Crippen LogP contribution in [0.2, 0.25) is 0 Å². The predicted octanol–water partition coefficient (Wildman–Crippen LogP) is -2.11. The van der Waals surface area contributed by atoms with Crippen molar-refractivity contribution in [2.75, 3.05) is 0 Å². The third-order valence-corrected chi connectivity index (χ3v) is 0. The van der Waals surface area contributed by atoms with E-state index in [0.717, 1.165) is 0 Å². The van der Waals surface area contributed by atoms with E-state index in [1.165, 1.54) is 0 Å². The molecule has 0 fully saturated rings. The molecule has 0 rings (SSSR count). The van der Waals surface area contributed by atoms with E-state index in [1.54, 1.807) is 0 Å². The first-order valence-electron chi connectivity index (χ1n) is 0. The fourth-order valence-corrected chi connectivity index (χ4v) is 0. The van der Waals surface area contributed by atoms with Crippen LogP contribution >= 0.6 is 0 Å². The summed E-state index contributed by atoms with van der Waals surface area (Å²) >= 11 is 0. The summed E-state index contributed by atoms with van der Waals surface area (Å²) in [6.07, 6.45) is 0. The Labute approximate surface area is 107 Å². The quantitative estimate of drug-likeness (QED) is 0.400. The van der Waals surface area contributed by atoms with Gasteiger partial charge in [-0.1, -0.05) is 0 Å². The van der Waals surface area contributed by atoms with Crippen molar-refractivity contribution in [1.29, 1.82) is 0 Å². The van der Waals surface area contributed by atoms with E-state index in [4.69, 9.17) is 0 Å². The Morgan fingerprint density at radius 2 is 1.00 bits per heavy atom. The summed E-state index contributed by atoms with van der Waals surface area (Å²) in [5.41, 5.74) is 0. The zero-order valence-corrected chi connectivity index (χ0v) is 5.48. The Kier molecular flexibility index (Phi) is 102. The molecule has 0 aromatic heterocycles. The van der Waals surface area contributed by atoms with E-state index < -0.39 is 0 Å². The maximum absolute atomic E-state index is 0. The van der Waals surface area contributed by atoms with E-state index in [0.29, 0.717) is 0 Å². The largest absolute Gasteiger partial charge is 0 e. The van der Waals surface area contributed by atoms with Crippen molar-refractivity contribution in [2.45, 2.75) is 0 Å². The molecule has 4 heavy (non-hydrogen) atoms. The van der Waals surface area contributed by atoms with Gasteiger partial charge in [-0.15, -0.1) is 0 Å². The molecule has 0 saturated heterocycles. The van der Waals surface area contributed by atoms with Gasteiger partial charge < -0.3 is 0 Å². The van der Waals surface area contributed by atoms with Crippen molar-refractivity contribution in [3.8, 4) is 0 Å². The van der Waals surface area contributed by atoms with Crippen molar-refractivity contribution in [3.05, 3.63) is 0 Å². The molecule has 0 amide bonds. The Balaban J connectivity index is 0. The smallest absolute Gasteiger partial charge is 0 e. The fourth-order valence-electron chi connectivity index (χ4n) is 0. The second kappa shape index (κ2) is 16.0. The molecule has 0 spiro atoms. The van der Waals surface area contributed by atoms with Crippen molar-refractivity contribution >= 4 is 55.1 Å². The van der Waals surface area contributed by atoms with Gasteiger partial charge in [0.1, 0.15) is 0 Å². The third-order valence-electron chi connectivity index (χ3n) is 0. The number of hydrogen-bond acceptors (Lipinski definition) is 0. The summed E-state index contributed by atoms with van der Waals surface area (Å²) in [6.45, 7) is 0. The zero-order chi connectivity index (χ0) is 0. The molecule has 17 valence electrons. The second-order valence-corrected chi connectivity index (χ2v) is 0. The van der Waals surface area contributed by atoms with Crippen LogP contribution in [0.4, 0.5) is 0 Å². The van der Waals surface area contributed by atoms with Gasteiger partial charge in [0.05, 0.1) is 0 Å². The number of rotatable bonds is 0. The van der Waals surface area contributed by atoms with E-state index in [1.807, 2.05) is 0 Å². The predicted molar refractivity (Wildman–Crippen MR) is 18.5 cm³/mol. The van der Waals surface area contributed by atoms with Crippen LogP contribution in [0.25, 0.3) is 0 Å². The van der Waals surface area contributed by atoms with Crippen molar-refractivity contribution < 1.29 is 54.4 Å². The van der Waals surface area contributed by atoms with Gasteiger partial charge in [0, 0.05) is 54.4 Å². The maximum atomic E-state index is 0. The first-order chi connectivity index (χ1) is 0. The van der Waals surface area contributed by atoms with Gasteiger partial charge in [0.25, 0.3) is 0 Å². The molecular formula is H5AlCaTiY. The van der Waals surface area contributed by atoms with Crippen LogP contribution in [0, 0.1) is 0 Å². The van der Waals surface area contributed by atoms with Crippen LogP contribution in [-0.4, -0.2) is 55.1 Å². The van der Waals surface area contributed by atoms with Crippen molar-refractivity contribution in [2.24, 2.45) is 0 Å². The van der Waals surface area contributed by atoms with Gasteiger partial charge in [-0.25, -0.2) is 0 Å². The number of hydrogen-bond donors (Lipinski definition) is 0. The standard InChI is InChI=1S/Al.Ca.Ti.Y.5H. The topological polar surface area (TPSA) is 0 Å². The maximum Gasteiger partial charge on any atom is 0 e. The molecule has 0 saturated carbocycles. The molecule has 0 aromatic carbocycles. The minimum atomic E-state index is 0. The molecule has 0 bridgehead atoms. The zero-order valence-electron chi connectivity index (χ0n) is 1.08. The van der Waals surface area contributed by atoms with Crippen LogP contribution in [0.3, 0.4) is 0 Å². The Hall–Kier alpha value is 3.61. The van der Waals surface area contributed by atoms with Gasteiger partial charge in [-0.05, 0) is 0 Å². The third kappa shape index (κ3) is 9.15. The first-order valence-corrected chi connectivity index (χ1v) is 0. The molecular weight excluding hydrogens is 204 g/mol. The van der Waals surface area contributed by atoms with Crippen molar-refractivity contribution in [1.82, 2.24) is 0 Å². The van der Waals surface area contributed by atoms with E-state index in [9.17, 15) is 0 Å². The SMILES string of the molecule is [AlH3].[CaH2].[Ti].[Y]. The van der Waals surface area contributed by atoms with Crippen LogP contribution in [0.15, 0.2) is 0 Å². The monoisotopic (exact) mass is 209 g/mol. The Morgan fingerprint density at radius 3 is 1.00 bits per heavy atom. The average Bonchev–Trinajstić information content (AvgIpc) is 0. The van der Waals surface area contributed by atoms with E-state index >= 15 is 0 Å². The molecule has 0 atom stereocenters. The van der Waals surface area contributed by atoms with Crippen LogP contribution in [-0.2, 0) is 54.4 Å². The Morgan fingerprint density at radius 1 is 1.00 bits per heavy atom. The van der Waals surface area contributed by atoms with Crippen molar-refractivity contribution in [3.63, 3.8) is 0 Å². The summed E-state index contributed by atoms with van der Waals surface area (Å²) in [4.78, 5) is 0. The molecule has 4 heteroatoms. The summed E-state index contributed by atoms with van der Waals surface area (Å²) in [7, 11) is 0. The van der Waals surface area contributed by atoms with E-state index in [2.05, 4.69) is 0 Å². The average molecular weight is 209 g/mol. The van der Waals surface area contributed by atoms with Gasteiger partial charge in [0.15, 0.2) is 17.4 Å². The molecule has 0 nitrogen and oxygen atoms in total. The van der Waals surface area contributed by atoms with E-state index in [-0.39, 0.29) is 110 Å². The molecule has 0 aromatic rings. The summed E-state index contributed by atoms with van der Waals surface area (Å²) in [5, 5.41) is 0. The normalized spacial score (nSPS) is 0. The van der Waals surface area contributed by atoms with Gasteiger partial charge in [-0.2, -0.15) is 0 Å². The minimum absolute atomic E-state index is 0. The molecule has 0 unspecified atom stereocenters. The first kappa shape index (κ1) is 25.5.